The summed E-state index contributed by atoms with van der Waals surface area (Å²) in [5.74, 6) is 1.39. The molecule has 0 bridgehead atoms. The van der Waals surface area contributed by atoms with Crippen LogP contribution in [0.15, 0.2) is 53.9 Å². The molecular formula is C22H20N4O4. The van der Waals surface area contributed by atoms with E-state index in [0.717, 1.165) is 16.7 Å². The van der Waals surface area contributed by atoms with Crippen molar-refractivity contribution in [3.63, 3.8) is 0 Å². The lowest BCUT2D eigenvalue weighted by Gasteiger charge is -2.14. The first-order valence-electron chi connectivity index (χ1n) is 9.20. The second-order valence-electron chi connectivity index (χ2n) is 6.53. The Bertz CT molecular complexity index is 1090. The van der Waals surface area contributed by atoms with Gasteiger partial charge in [0.1, 0.15) is 11.7 Å². The first-order valence-corrected chi connectivity index (χ1v) is 9.20. The van der Waals surface area contributed by atoms with Crippen LogP contribution in [-0.4, -0.2) is 43.4 Å². The Morgan fingerprint density at radius 2 is 1.80 bits per heavy atom. The summed E-state index contributed by atoms with van der Waals surface area (Å²) in [6.45, 7) is 0. The van der Waals surface area contributed by atoms with Gasteiger partial charge in [0.25, 0.3) is 0 Å². The highest BCUT2D eigenvalue weighted by atomic mass is 16.5. The van der Waals surface area contributed by atoms with Gasteiger partial charge in [-0.1, -0.05) is 0 Å². The van der Waals surface area contributed by atoms with E-state index in [1.807, 2.05) is 24.3 Å². The number of fused-ring (bicyclic) bond motifs is 1. The molecule has 1 aliphatic rings. The van der Waals surface area contributed by atoms with Gasteiger partial charge in [-0.15, -0.1) is 0 Å². The lowest BCUT2D eigenvalue weighted by molar-refractivity contribution is -0.115. The summed E-state index contributed by atoms with van der Waals surface area (Å²) in [5.41, 5.74) is 3.05. The van der Waals surface area contributed by atoms with Crippen molar-refractivity contribution in [1.29, 1.82) is 0 Å². The van der Waals surface area contributed by atoms with Gasteiger partial charge in [-0.25, -0.2) is 4.98 Å². The lowest BCUT2D eigenvalue weighted by atomic mass is 9.99. The summed E-state index contributed by atoms with van der Waals surface area (Å²) in [6.07, 6.45) is 6.61. The predicted octanol–water partition coefficient (Wildman–Crippen LogP) is 3.61. The number of hydrogen-bond donors (Lipinski definition) is 1. The van der Waals surface area contributed by atoms with Gasteiger partial charge >= 0.3 is 0 Å². The number of benzene rings is 1. The Morgan fingerprint density at radius 1 is 1.03 bits per heavy atom. The van der Waals surface area contributed by atoms with Crippen molar-refractivity contribution in [2.75, 3.05) is 26.6 Å². The molecule has 0 saturated heterocycles. The molecule has 152 valence electrons. The van der Waals surface area contributed by atoms with Crippen LogP contribution < -0.4 is 19.5 Å². The molecule has 3 aromatic rings. The van der Waals surface area contributed by atoms with Crippen molar-refractivity contribution in [2.24, 2.45) is 4.99 Å². The molecule has 1 aliphatic heterocycles. The lowest BCUT2D eigenvalue weighted by Crippen LogP contribution is -2.12. The molecule has 1 aromatic carbocycles. The van der Waals surface area contributed by atoms with Gasteiger partial charge in [-0.05, 0) is 35.9 Å². The van der Waals surface area contributed by atoms with E-state index in [1.165, 1.54) is 0 Å². The van der Waals surface area contributed by atoms with E-state index in [9.17, 15) is 4.79 Å². The van der Waals surface area contributed by atoms with Gasteiger partial charge in [0.15, 0.2) is 11.5 Å². The van der Waals surface area contributed by atoms with Crippen LogP contribution in [0.4, 0.5) is 11.5 Å². The number of ether oxygens (including phenoxy) is 3. The molecule has 2 aromatic heterocycles. The van der Waals surface area contributed by atoms with Crippen molar-refractivity contribution < 1.29 is 19.0 Å². The molecule has 1 unspecified atom stereocenters. The Labute approximate surface area is 173 Å². The number of anilines is 1. The summed E-state index contributed by atoms with van der Waals surface area (Å²) in [7, 11) is 4.69. The molecule has 4 rings (SSSR count). The summed E-state index contributed by atoms with van der Waals surface area (Å²) in [4.78, 5) is 25.3. The van der Waals surface area contributed by atoms with Crippen LogP contribution >= 0.6 is 0 Å². The van der Waals surface area contributed by atoms with Crippen molar-refractivity contribution in [3.05, 3.63) is 54.5 Å². The number of hydrogen-bond acceptors (Lipinski definition) is 7. The molecule has 1 N–H and O–H groups in total. The van der Waals surface area contributed by atoms with Crippen molar-refractivity contribution >= 4 is 23.6 Å². The van der Waals surface area contributed by atoms with Crippen molar-refractivity contribution in [1.82, 2.24) is 9.97 Å². The Morgan fingerprint density at radius 3 is 2.43 bits per heavy atom. The summed E-state index contributed by atoms with van der Waals surface area (Å²) in [5, 5.41) is 2.80. The number of rotatable bonds is 6. The largest absolute Gasteiger partial charge is 0.493 e. The molecular weight excluding hydrogens is 384 g/mol. The zero-order valence-corrected chi connectivity index (χ0v) is 16.7. The maximum Gasteiger partial charge on any atom is 0.238 e. The molecule has 1 atom stereocenters. The topological polar surface area (TPSA) is 94.9 Å². The minimum atomic E-state index is -0.547. The minimum absolute atomic E-state index is 0.174. The van der Waals surface area contributed by atoms with Gasteiger partial charge in [0.2, 0.25) is 11.7 Å². The summed E-state index contributed by atoms with van der Waals surface area (Å²) >= 11 is 0. The molecule has 0 fully saturated rings. The molecule has 1 amide bonds. The Kier molecular flexibility index (Phi) is 5.30. The van der Waals surface area contributed by atoms with Crippen LogP contribution in [0.5, 0.6) is 17.2 Å². The fourth-order valence-corrected chi connectivity index (χ4v) is 3.30. The van der Waals surface area contributed by atoms with Crippen LogP contribution in [0.3, 0.4) is 0 Å². The van der Waals surface area contributed by atoms with Gasteiger partial charge in [-0.3, -0.25) is 14.8 Å². The fourth-order valence-electron chi connectivity index (χ4n) is 3.30. The van der Waals surface area contributed by atoms with Crippen LogP contribution in [0, 0.1) is 0 Å². The number of aliphatic imine (C=N–C) groups is 1. The third kappa shape index (κ3) is 3.55. The van der Waals surface area contributed by atoms with Gasteiger partial charge < -0.3 is 19.5 Å². The number of carbonyl (C=O) groups excluding carboxylic acids is 1. The highest BCUT2D eigenvalue weighted by Crippen LogP contribution is 2.42. The fraction of sp³-hybridized carbons (Fsp3) is 0.182. The molecule has 0 spiro atoms. The number of nitrogens with zero attached hydrogens (tertiary/aromatic N) is 3. The van der Waals surface area contributed by atoms with Gasteiger partial charge in [-0.2, -0.15) is 0 Å². The zero-order chi connectivity index (χ0) is 21.1. The highest BCUT2D eigenvalue weighted by Gasteiger charge is 2.31. The maximum absolute atomic E-state index is 12.5. The normalized spacial score (nSPS) is 15.0. The standard InChI is InChI=1S/C22H20N4O4/c1-28-18-8-13(9-19(29-2)20(18)30-3)14-7-16-17(22(27)26-21(16)25-10-14)12-24-15-5-4-6-23-11-15/h4-12,17H,1-3H3,(H,25,26,27). The first-order chi connectivity index (χ1) is 14.6. The third-order valence-corrected chi connectivity index (χ3v) is 4.79. The SMILES string of the molecule is COc1cc(-c2cnc3c(c2)C(C=Nc2cccnc2)C(=O)N3)cc(OC)c1OC. The van der Waals surface area contributed by atoms with E-state index in [2.05, 4.69) is 20.3 Å². The Hall–Kier alpha value is -3.94. The zero-order valence-electron chi connectivity index (χ0n) is 16.7. The average molecular weight is 404 g/mol. The van der Waals surface area contributed by atoms with E-state index >= 15 is 0 Å². The van der Waals surface area contributed by atoms with Crippen LogP contribution in [-0.2, 0) is 4.79 Å². The quantitative estimate of drug-likeness (QED) is 0.631. The predicted molar refractivity (Wildman–Crippen MR) is 113 cm³/mol. The smallest absolute Gasteiger partial charge is 0.238 e. The van der Waals surface area contributed by atoms with Crippen LogP contribution in [0.2, 0.25) is 0 Å². The molecule has 8 heteroatoms. The highest BCUT2D eigenvalue weighted by molar-refractivity contribution is 6.12. The second-order valence-corrected chi connectivity index (χ2v) is 6.53. The van der Waals surface area contributed by atoms with Crippen molar-refractivity contribution in [3.8, 4) is 28.4 Å². The maximum atomic E-state index is 12.5. The first kappa shape index (κ1) is 19.4. The monoisotopic (exact) mass is 404 g/mol. The molecule has 0 aliphatic carbocycles. The summed E-state index contributed by atoms with van der Waals surface area (Å²) in [6, 6.07) is 9.21. The van der Waals surface area contributed by atoms with Crippen LogP contribution in [0.1, 0.15) is 11.5 Å². The van der Waals surface area contributed by atoms with E-state index < -0.39 is 5.92 Å². The minimum Gasteiger partial charge on any atom is -0.493 e. The number of pyridine rings is 2. The Balaban J connectivity index is 1.73. The van der Waals surface area contributed by atoms with Crippen LogP contribution in [0.25, 0.3) is 11.1 Å². The van der Waals surface area contributed by atoms with E-state index in [-0.39, 0.29) is 5.91 Å². The summed E-state index contributed by atoms with van der Waals surface area (Å²) < 4.78 is 16.3. The van der Waals surface area contributed by atoms with Crippen molar-refractivity contribution in [2.45, 2.75) is 5.92 Å². The molecule has 0 saturated carbocycles. The second kappa shape index (κ2) is 8.20. The number of amides is 1. The third-order valence-electron chi connectivity index (χ3n) is 4.79. The number of methoxy groups -OCH3 is 3. The number of carbonyl (C=O) groups is 1. The molecule has 30 heavy (non-hydrogen) atoms. The molecule has 0 radical (unpaired) electrons. The molecule has 3 heterocycles. The van der Waals surface area contributed by atoms with E-state index in [0.29, 0.717) is 28.8 Å². The number of aromatic nitrogens is 2. The average Bonchev–Trinajstić information content (AvgIpc) is 3.11. The van der Waals surface area contributed by atoms with Gasteiger partial charge in [0.05, 0.1) is 33.2 Å². The van der Waals surface area contributed by atoms with E-state index in [1.54, 1.807) is 52.2 Å². The van der Waals surface area contributed by atoms with E-state index in [4.69, 9.17) is 14.2 Å². The number of nitrogens with one attached hydrogen (secondary N) is 1. The molecule has 8 nitrogen and oxygen atoms in total. The van der Waals surface area contributed by atoms with Gasteiger partial charge in [0, 0.05) is 29.7 Å².